The Balaban J connectivity index is 3.72. The molecule has 1 rings (SSSR count). The van der Waals surface area contributed by atoms with Crippen molar-refractivity contribution in [1.82, 2.24) is 5.32 Å². The van der Waals surface area contributed by atoms with E-state index in [4.69, 9.17) is 33.2 Å². The third-order valence-electron chi connectivity index (χ3n) is 4.82. The molecule has 0 unspecified atom stereocenters. The smallest absolute Gasteiger partial charge is 0.366 e. The average Bonchev–Trinajstić information content (AvgIpc) is 2.74. The average molecular weight is 505 g/mol. The van der Waals surface area contributed by atoms with E-state index < -0.39 is 85.0 Å². The lowest BCUT2D eigenvalue weighted by molar-refractivity contribution is -0.307. The molecule has 0 aromatic carbocycles. The van der Waals surface area contributed by atoms with Gasteiger partial charge in [0.2, 0.25) is 5.91 Å². The van der Waals surface area contributed by atoms with Crippen molar-refractivity contribution in [2.45, 2.75) is 77.3 Å². The molecule has 1 fully saturated rings. The van der Waals surface area contributed by atoms with Gasteiger partial charge in [-0.2, -0.15) is 0 Å². The van der Waals surface area contributed by atoms with E-state index in [1.807, 2.05) is 0 Å². The molecule has 14 nitrogen and oxygen atoms in total. The molecule has 1 aliphatic rings. The molecule has 0 aromatic heterocycles. The zero-order chi connectivity index (χ0) is 26.9. The van der Waals surface area contributed by atoms with Gasteiger partial charge in [-0.25, -0.2) is 4.79 Å². The number of hydrogen-bond donors (Lipinski definition) is 1. The maximum Gasteiger partial charge on any atom is 0.366 e. The highest BCUT2D eigenvalue weighted by atomic mass is 16.7. The Morgan fingerprint density at radius 3 is 1.94 bits per heavy atom. The lowest BCUT2D eigenvalue weighted by Crippen LogP contribution is -2.69. The molecule has 198 valence electrons. The summed E-state index contributed by atoms with van der Waals surface area (Å²) >= 11 is 0. The molecule has 1 heterocycles. The van der Waals surface area contributed by atoms with Gasteiger partial charge in [-0.3, -0.25) is 24.0 Å². The summed E-state index contributed by atoms with van der Waals surface area (Å²) in [6.45, 7) is 4.92. The molecule has 1 aliphatic heterocycles. The highest BCUT2D eigenvalue weighted by molar-refractivity contribution is 5.79. The Bertz CT molecular complexity index is 828. The largest absolute Gasteiger partial charge is 0.465 e. The fourth-order valence-corrected chi connectivity index (χ4v) is 3.61. The van der Waals surface area contributed by atoms with Crippen LogP contribution in [0.4, 0.5) is 0 Å². The Morgan fingerprint density at radius 1 is 0.914 bits per heavy atom. The minimum Gasteiger partial charge on any atom is -0.465 e. The summed E-state index contributed by atoms with van der Waals surface area (Å²) in [5.74, 6) is -6.96. The van der Waals surface area contributed by atoms with E-state index >= 15 is 0 Å². The van der Waals surface area contributed by atoms with E-state index in [-0.39, 0.29) is 0 Å². The molecule has 1 saturated heterocycles. The SMILES string of the molecule is COC(=O)[C@]1(OC)C[C@H](OC(C)=O)[C@H](NC(C)=O)[C@H]([C@H](OC(C)=O)[C@@H](COC(C)=O)OC(C)=O)O1. The highest BCUT2D eigenvalue weighted by Gasteiger charge is 2.58. The highest BCUT2D eigenvalue weighted by Crippen LogP contribution is 2.36. The molecular weight excluding hydrogens is 474 g/mol. The molecule has 1 N–H and O–H groups in total. The molecule has 0 aromatic rings. The first kappa shape index (κ1) is 29.8. The molecule has 0 radical (unpaired) electrons. The molecule has 1 amide bonds. The van der Waals surface area contributed by atoms with Crippen LogP contribution in [0.5, 0.6) is 0 Å². The van der Waals surface area contributed by atoms with Crippen molar-refractivity contribution in [3.8, 4) is 0 Å². The van der Waals surface area contributed by atoms with Crippen LogP contribution < -0.4 is 5.32 Å². The predicted molar refractivity (Wildman–Crippen MR) is 112 cm³/mol. The van der Waals surface area contributed by atoms with Gasteiger partial charge in [-0.05, 0) is 0 Å². The van der Waals surface area contributed by atoms with Gasteiger partial charge in [0.15, 0.2) is 12.2 Å². The Labute approximate surface area is 201 Å². The third kappa shape index (κ3) is 8.47. The number of amides is 1. The van der Waals surface area contributed by atoms with E-state index in [1.165, 1.54) is 6.92 Å². The normalized spacial score (nSPS) is 25.3. The minimum absolute atomic E-state index is 0.411. The fourth-order valence-electron chi connectivity index (χ4n) is 3.61. The molecule has 6 atom stereocenters. The summed E-state index contributed by atoms with van der Waals surface area (Å²) in [6.07, 6.45) is -6.22. The van der Waals surface area contributed by atoms with Crippen molar-refractivity contribution in [2.24, 2.45) is 0 Å². The summed E-state index contributed by atoms with van der Waals surface area (Å²) in [5, 5.41) is 2.54. The molecule has 0 bridgehead atoms. The lowest BCUT2D eigenvalue weighted by Gasteiger charge is -2.48. The van der Waals surface area contributed by atoms with Gasteiger partial charge in [0.1, 0.15) is 18.8 Å². The van der Waals surface area contributed by atoms with Gasteiger partial charge in [0, 0.05) is 41.7 Å². The van der Waals surface area contributed by atoms with Gasteiger partial charge in [0.25, 0.3) is 5.79 Å². The van der Waals surface area contributed by atoms with Gasteiger partial charge in [0.05, 0.1) is 19.6 Å². The van der Waals surface area contributed by atoms with Crippen molar-refractivity contribution in [2.75, 3.05) is 20.8 Å². The van der Waals surface area contributed by atoms with Crippen molar-refractivity contribution >= 4 is 35.8 Å². The second-order valence-corrected chi connectivity index (χ2v) is 7.63. The lowest BCUT2D eigenvalue weighted by atomic mass is 9.88. The topological polar surface area (TPSA) is 179 Å². The third-order valence-corrected chi connectivity index (χ3v) is 4.82. The Morgan fingerprint density at radius 2 is 1.51 bits per heavy atom. The molecule has 0 spiro atoms. The Kier molecular flexibility index (Phi) is 11.1. The van der Waals surface area contributed by atoms with Crippen LogP contribution in [0.1, 0.15) is 41.0 Å². The monoisotopic (exact) mass is 505 g/mol. The first-order valence-corrected chi connectivity index (χ1v) is 10.5. The van der Waals surface area contributed by atoms with Crippen LogP contribution in [-0.2, 0) is 61.9 Å². The van der Waals surface area contributed by atoms with Gasteiger partial charge in [-0.15, -0.1) is 0 Å². The number of hydrogen-bond acceptors (Lipinski definition) is 13. The molecule has 35 heavy (non-hydrogen) atoms. The quantitative estimate of drug-likeness (QED) is 0.287. The van der Waals surface area contributed by atoms with Crippen molar-refractivity contribution < 1.29 is 61.9 Å². The predicted octanol–water partition coefficient (Wildman–Crippen LogP) is -0.846. The summed E-state index contributed by atoms with van der Waals surface area (Å²) in [6, 6.07) is -1.23. The van der Waals surface area contributed by atoms with Gasteiger partial charge in [-0.1, -0.05) is 0 Å². The number of carbonyl (C=O) groups is 6. The van der Waals surface area contributed by atoms with Gasteiger partial charge >= 0.3 is 29.8 Å². The number of ether oxygens (including phenoxy) is 7. The number of nitrogens with one attached hydrogen (secondary N) is 1. The second-order valence-electron chi connectivity index (χ2n) is 7.63. The van der Waals surface area contributed by atoms with Crippen molar-refractivity contribution in [1.29, 1.82) is 0 Å². The molecular formula is C21H31NO13. The zero-order valence-electron chi connectivity index (χ0n) is 20.6. The summed E-state index contributed by atoms with van der Waals surface area (Å²) in [4.78, 5) is 71.8. The molecule has 0 aliphatic carbocycles. The summed E-state index contributed by atoms with van der Waals surface area (Å²) in [5.41, 5.74) is 0. The van der Waals surface area contributed by atoms with Crippen LogP contribution in [0.2, 0.25) is 0 Å². The van der Waals surface area contributed by atoms with E-state index in [0.717, 1.165) is 41.9 Å². The van der Waals surface area contributed by atoms with E-state index in [0.29, 0.717) is 0 Å². The Hall–Kier alpha value is -3.26. The standard InChI is InChI=1S/C21H31NO13/c1-10(23)22-17-15(32-12(3)25)8-21(30-7,20(28)29-6)35-19(17)18(34-14(5)27)16(33-13(4)26)9-31-11(2)24/h15-19H,8-9H2,1-7H3,(H,22,23)/t15-,16+,17-,18+,19+,21-/m0/s1. The minimum atomic E-state index is -2.17. The summed E-state index contributed by atoms with van der Waals surface area (Å²) in [7, 11) is 2.19. The van der Waals surface area contributed by atoms with E-state index in [1.54, 1.807) is 0 Å². The fraction of sp³-hybridized carbons (Fsp3) is 0.714. The van der Waals surface area contributed by atoms with Crippen LogP contribution in [-0.4, -0.2) is 92.8 Å². The first-order valence-electron chi connectivity index (χ1n) is 10.5. The molecule has 14 heteroatoms. The van der Waals surface area contributed by atoms with Crippen LogP contribution >= 0.6 is 0 Å². The van der Waals surface area contributed by atoms with Crippen LogP contribution in [0, 0.1) is 0 Å². The maximum absolute atomic E-state index is 12.7. The number of methoxy groups -OCH3 is 2. The van der Waals surface area contributed by atoms with Crippen LogP contribution in [0.15, 0.2) is 0 Å². The summed E-state index contributed by atoms with van der Waals surface area (Å²) < 4.78 is 36.9. The van der Waals surface area contributed by atoms with Crippen molar-refractivity contribution in [3.63, 3.8) is 0 Å². The number of rotatable bonds is 10. The van der Waals surface area contributed by atoms with Crippen molar-refractivity contribution in [3.05, 3.63) is 0 Å². The number of esters is 5. The zero-order valence-corrected chi connectivity index (χ0v) is 20.6. The van der Waals surface area contributed by atoms with Gasteiger partial charge < -0.3 is 38.5 Å². The van der Waals surface area contributed by atoms with E-state index in [9.17, 15) is 28.8 Å². The maximum atomic E-state index is 12.7. The number of carbonyl (C=O) groups excluding carboxylic acids is 6. The van der Waals surface area contributed by atoms with Crippen LogP contribution in [0.3, 0.4) is 0 Å². The molecule has 0 saturated carbocycles. The van der Waals surface area contributed by atoms with E-state index in [2.05, 4.69) is 5.32 Å². The second kappa shape index (κ2) is 13.0. The first-order chi connectivity index (χ1) is 16.3. The van der Waals surface area contributed by atoms with Crippen LogP contribution in [0.25, 0.3) is 0 Å².